The van der Waals surface area contributed by atoms with Crippen LogP contribution in [-0.2, 0) is 22.2 Å². The van der Waals surface area contributed by atoms with Crippen LogP contribution in [0.4, 0.5) is 8.78 Å². The molecule has 0 saturated heterocycles. The molecule has 5 heteroatoms. The number of hydrogen-bond donors (Lipinski definition) is 1. The Morgan fingerprint density at radius 1 is 0.914 bits per heavy atom. The summed E-state index contributed by atoms with van der Waals surface area (Å²) in [6, 6.07) is 16.8. The third-order valence-electron chi connectivity index (χ3n) is 7.32. The molecule has 0 amide bonds. The summed E-state index contributed by atoms with van der Waals surface area (Å²) in [7, 11) is 0. The Labute approximate surface area is 205 Å². The van der Waals surface area contributed by atoms with Crippen LogP contribution in [0.3, 0.4) is 0 Å². The van der Waals surface area contributed by atoms with E-state index in [0.29, 0.717) is 17.9 Å². The molecule has 0 radical (unpaired) electrons. The Balaban J connectivity index is 1.52. The molecule has 0 heterocycles. The van der Waals surface area contributed by atoms with Gasteiger partial charge in [-0.15, -0.1) is 0 Å². The summed E-state index contributed by atoms with van der Waals surface area (Å²) in [4.78, 5) is 11.4. The fourth-order valence-electron chi connectivity index (χ4n) is 5.05. The van der Waals surface area contributed by atoms with Crippen molar-refractivity contribution in [1.82, 2.24) is 0 Å². The molecule has 184 valence electrons. The minimum absolute atomic E-state index is 0.122. The predicted octanol–water partition coefficient (Wildman–Crippen LogP) is 7.50. The number of fused-ring (bicyclic) bond motifs is 1. The average Bonchev–Trinajstić information content (AvgIpc) is 2.80. The molecule has 0 saturated carbocycles. The van der Waals surface area contributed by atoms with Crippen LogP contribution in [0, 0.1) is 11.6 Å². The molecule has 3 aromatic rings. The van der Waals surface area contributed by atoms with E-state index in [4.69, 9.17) is 4.74 Å². The van der Waals surface area contributed by atoms with E-state index in [1.54, 1.807) is 24.3 Å². The molecule has 0 aliphatic heterocycles. The van der Waals surface area contributed by atoms with Crippen LogP contribution in [0.1, 0.15) is 80.7 Å². The number of halogens is 2. The Bertz CT molecular complexity index is 1230. The van der Waals surface area contributed by atoms with Gasteiger partial charge in [0.1, 0.15) is 24.0 Å². The van der Waals surface area contributed by atoms with Crippen molar-refractivity contribution in [3.05, 3.63) is 100 Å². The first-order valence-corrected chi connectivity index (χ1v) is 12.0. The van der Waals surface area contributed by atoms with E-state index in [0.717, 1.165) is 24.1 Å². The zero-order valence-electron chi connectivity index (χ0n) is 20.7. The maximum Gasteiger partial charge on any atom is 0.304 e. The van der Waals surface area contributed by atoms with E-state index in [9.17, 15) is 18.7 Å². The van der Waals surface area contributed by atoms with Crippen molar-refractivity contribution >= 4 is 5.97 Å². The lowest BCUT2D eigenvalue weighted by Crippen LogP contribution is -2.33. The number of carbonyl (C=O) groups is 1. The number of rotatable bonds is 7. The molecule has 0 bridgehead atoms. The van der Waals surface area contributed by atoms with Crippen LogP contribution >= 0.6 is 0 Å². The number of carboxylic acids is 1. The van der Waals surface area contributed by atoms with E-state index < -0.39 is 23.5 Å². The summed E-state index contributed by atoms with van der Waals surface area (Å²) >= 11 is 0. The molecule has 4 rings (SSSR count). The number of carboxylic acid groups (broad SMARTS) is 1. The van der Waals surface area contributed by atoms with Gasteiger partial charge in [-0.05, 0) is 69.7 Å². The molecule has 3 aromatic carbocycles. The highest BCUT2D eigenvalue weighted by Gasteiger charge is 2.36. The second-order valence-corrected chi connectivity index (χ2v) is 10.8. The quantitative estimate of drug-likeness (QED) is 0.382. The van der Waals surface area contributed by atoms with Crippen molar-refractivity contribution in [2.45, 2.75) is 70.3 Å². The molecule has 0 spiro atoms. The van der Waals surface area contributed by atoms with Crippen LogP contribution in [0.2, 0.25) is 0 Å². The van der Waals surface area contributed by atoms with Crippen LogP contribution in [0.15, 0.2) is 60.7 Å². The second kappa shape index (κ2) is 9.44. The second-order valence-electron chi connectivity index (χ2n) is 10.8. The highest BCUT2D eigenvalue weighted by Crippen LogP contribution is 2.46. The number of aliphatic carboxylic acids is 1. The van der Waals surface area contributed by atoms with Gasteiger partial charge in [0.15, 0.2) is 0 Å². The van der Waals surface area contributed by atoms with E-state index in [-0.39, 0.29) is 22.8 Å². The molecular weight excluding hydrogens is 446 g/mol. The van der Waals surface area contributed by atoms with Gasteiger partial charge in [0.25, 0.3) is 0 Å². The Hall–Kier alpha value is -3.21. The maximum absolute atomic E-state index is 14.4. The summed E-state index contributed by atoms with van der Waals surface area (Å²) in [5.41, 5.74) is 4.94. The lowest BCUT2D eigenvalue weighted by molar-refractivity contribution is -0.137. The van der Waals surface area contributed by atoms with Gasteiger partial charge in [0, 0.05) is 12.0 Å². The van der Waals surface area contributed by atoms with E-state index in [1.165, 1.54) is 23.6 Å². The first-order chi connectivity index (χ1) is 16.5. The highest BCUT2D eigenvalue weighted by molar-refractivity contribution is 5.69. The zero-order valence-corrected chi connectivity index (χ0v) is 20.7. The van der Waals surface area contributed by atoms with Gasteiger partial charge in [-0.1, -0.05) is 64.1 Å². The summed E-state index contributed by atoms with van der Waals surface area (Å²) < 4.78 is 33.8. The van der Waals surface area contributed by atoms with Crippen LogP contribution < -0.4 is 4.74 Å². The molecule has 1 aliphatic rings. The standard InChI is InChI=1S/C30H32F2O3/c1-29(2)13-14-30(3,4)26-15-19(5-12-25(26)29)18-35-22-9-6-20(7-10-22)24(17-28(33)34)23-11-8-21(31)16-27(23)32/h5-12,15-16,24H,13-14,17-18H2,1-4H3,(H,33,34). The lowest BCUT2D eigenvalue weighted by Gasteiger charge is -2.42. The average molecular weight is 479 g/mol. The fourth-order valence-corrected chi connectivity index (χ4v) is 5.05. The van der Waals surface area contributed by atoms with Gasteiger partial charge >= 0.3 is 5.97 Å². The van der Waals surface area contributed by atoms with Crippen LogP contribution in [0.5, 0.6) is 5.75 Å². The third-order valence-corrected chi connectivity index (χ3v) is 7.32. The van der Waals surface area contributed by atoms with Crippen molar-refractivity contribution < 1.29 is 23.4 Å². The summed E-state index contributed by atoms with van der Waals surface area (Å²) in [5, 5.41) is 9.35. The number of hydrogen-bond acceptors (Lipinski definition) is 2. The Kier molecular flexibility index (Phi) is 6.72. The largest absolute Gasteiger partial charge is 0.489 e. The third kappa shape index (κ3) is 5.39. The fraction of sp³-hybridized carbons (Fsp3) is 0.367. The topological polar surface area (TPSA) is 46.5 Å². The first kappa shape index (κ1) is 24.9. The smallest absolute Gasteiger partial charge is 0.304 e. The van der Waals surface area contributed by atoms with Gasteiger partial charge in [-0.2, -0.15) is 0 Å². The molecule has 1 unspecified atom stereocenters. The highest BCUT2D eigenvalue weighted by atomic mass is 19.1. The lowest BCUT2D eigenvalue weighted by atomic mass is 9.63. The van der Waals surface area contributed by atoms with Gasteiger partial charge in [0.2, 0.25) is 0 Å². The minimum atomic E-state index is -1.06. The number of benzene rings is 3. The number of ether oxygens (including phenoxy) is 1. The van der Waals surface area contributed by atoms with Crippen molar-refractivity contribution in [3.63, 3.8) is 0 Å². The monoisotopic (exact) mass is 478 g/mol. The van der Waals surface area contributed by atoms with Gasteiger partial charge < -0.3 is 9.84 Å². The van der Waals surface area contributed by atoms with E-state index in [1.807, 2.05) is 0 Å². The van der Waals surface area contributed by atoms with Crippen LogP contribution in [-0.4, -0.2) is 11.1 Å². The normalized spacial score (nSPS) is 16.9. The molecule has 1 atom stereocenters. The minimum Gasteiger partial charge on any atom is -0.489 e. The molecule has 3 nitrogen and oxygen atoms in total. The summed E-state index contributed by atoms with van der Waals surface area (Å²) in [6.45, 7) is 9.60. The van der Waals surface area contributed by atoms with Crippen molar-refractivity contribution in [1.29, 1.82) is 0 Å². The predicted molar refractivity (Wildman–Crippen MR) is 133 cm³/mol. The van der Waals surface area contributed by atoms with Gasteiger partial charge in [-0.3, -0.25) is 4.79 Å². The molecule has 35 heavy (non-hydrogen) atoms. The van der Waals surface area contributed by atoms with E-state index >= 15 is 0 Å². The van der Waals surface area contributed by atoms with E-state index in [2.05, 4.69) is 45.9 Å². The molecule has 1 aliphatic carbocycles. The summed E-state index contributed by atoms with van der Waals surface area (Å²) in [5.74, 6) is -2.60. The maximum atomic E-state index is 14.4. The van der Waals surface area contributed by atoms with Crippen molar-refractivity contribution in [2.75, 3.05) is 0 Å². The van der Waals surface area contributed by atoms with Crippen LogP contribution in [0.25, 0.3) is 0 Å². The molecule has 1 N–H and O–H groups in total. The SMILES string of the molecule is CC1(C)CCC(C)(C)c2cc(COc3ccc(C(CC(=O)O)c4ccc(F)cc4F)cc3)ccc21. The molecular formula is C30H32F2O3. The zero-order chi connectivity index (χ0) is 25.4. The Morgan fingerprint density at radius 3 is 2.20 bits per heavy atom. The first-order valence-electron chi connectivity index (χ1n) is 12.0. The van der Waals surface area contributed by atoms with Gasteiger partial charge in [-0.25, -0.2) is 8.78 Å². The molecule has 0 aromatic heterocycles. The Morgan fingerprint density at radius 2 is 1.57 bits per heavy atom. The molecule has 0 fully saturated rings. The van der Waals surface area contributed by atoms with Crippen molar-refractivity contribution in [2.24, 2.45) is 0 Å². The van der Waals surface area contributed by atoms with Gasteiger partial charge in [0.05, 0.1) is 6.42 Å². The summed E-state index contributed by atoms with van der Waals surface area (Å²) in [6.07, 6.45) is 2.01. The van der Waals surface area contributed by atoms with Crippen molar-refractivity contribution in [3.8, 4) is 5.75 Å².